The van der Waals surface area contributed by atoms with E-state index in [4.69, 9.17) is 0 Å². The van der Waals surface area contributed by atoms with Crippen molar-refractivity contribution < 1.29 is 19.8 Å². The molecule has 4 unspecified atom stereocenters. The maximum absolute atomic E-state index is 11.5. The van der Waals surface area contributed by atoms with Crippen molar-refractivity contribution in [3.05, 3.63) is 0 Å². The average molecular weight is 255 g/mol. The van der Waals surface area contributed by atoms with Crippen molar-refractivity contribution in [3.63, 3.8) is 0 Å². The van der Waals surface area contributed by atoms with Gasteiger partial charge in [0.05, 0.1) is 12.0 Å². The molecule has 102 valence electrons. The Morgan fingerprint density at radius 1 is 1.22 bits per heavy atom. The number of rotatable bonds is 7. The lowest BCUT2D eigenvalue weighted by Crippen LogP contribution is -2.48. The highest BCUT2D eigenvalue weighted by Crippen LogP contribution is 2.42. The standard InChI is InChI=1S/C13H21NO4/c1-5-8(3)10(11(15)16)13(7-14,12(17)18)9(4)6-2/h8-10H,5-6H2,1-4H3,(H,15,16)(H,17,18). The second-order valence-electron chi connectivity index (χ2n) is 4.80. The fourth-order valence-corrected chi connectivity index (χ4v) is 2.32. The van der Waals surface area contributed by atoms with Crippen molar-refractivity contribution in [1.29, 1.82) is 5.26 Å². The summed E-state index contributed by atoms with van der Waals surface area (Å²) in [4.78, 5) is 22.9. The van der Waals surface area contributed by atoms with Crippen LogP contribution in [0.4, 0.5) is 0 Å². The molecule has 0 heterocycles. The third kappa shape index (κ3) is 2.63. The zero-order valence-electron chi connectivity index (χ0n) is 11.3. The maximum Gasteiger partial charge on any atom is 0.325 e. The number of carboxylic acid groups (broad SMARTS) is 2. The Balaban J connectivity index is 5.88. The van der Waals surface area contributed by atoms with Crippen molar-refractivity contribution in [2.24, 2.45) is 23.2 Å². The SMILES string of the molecule is CCC(C)C(C(=O)O)C(C#N)(C(=O)O)C(C)CC. The van der Waals surface area contributed by atoms with E-state index in [-0.39, 0.29) is 5.92 Å². The fourth-order valence-electron chi connectivity index (χ4n) is 2.32. The van der Waals surface area contributed by atoms with Gasteiger partial charge in [0.2, 0.25) is 0 Å². The van der Waals surface area contributed by atoms with Gasteiger partial charge >= 0.3 is 11.9 Å². The largest absolute Gasteiger partial charge is 0.481 e. The van der Waals surface area contributed by atoms with Gasteiger partial charge in [-0.15, -0.1) is 0 Å². The van der Waals surface area contributed by atoms with Crippen molar-refractivity contribution >= 4 is 11.9 Å². The van der Waals surface area contributed by atoms with Gasteiger partial charge in [-0.05, 0) is 11.8 Å². The maximum atomic E-state index is 11.5. The zero-order valence-corrected chi connectivity index (χ0v) is 11.3. The molecular formula is C13H21NO4. The predicted molar refractivity (Wildman–Crippen MR) is 65.7 cm³/mol. The van der Waals surface area contributed by atoms with Crippen LogP contribution >= 0.6 is 0 Å². The molecule has 0 aliphatic heterocycles. The van der Waals surface area contributed by atoms with E-state index in [2.05, 4.69) is 0 Å². The molecule has 0 rings (SSSR count). The first-order chi connectivity index (χ1) is 8.29. The fraction of sp³-hybridized carbons (Fsp3) is 0.769. The molecule has 4 atom stereocenters. The summed E-state index contributed by atoms with van der Waals surface area (Å²) in [6.07, 6.45) is 0.962. The molecule has 18 heavy (non-hydrogen) atoms. The summed E-state index contributed by atoms with van der Waals surface area (Å²) in [5.41, 5.74) is -1.87. The van der Waals surface area contributed by atoms with Crippen molar-refractivity contribution in [2.75, 3.05) is 0 Å². The van der Waals surface area contributed by atoms with Gasteiger partial charge in [-0.3, -0.25) is 9.59 Å². The average Bonchev–Trinajstić information content (AvgIpc) is 2.32. The second-order valence-corrected chi connectivity index (χ2v) is 4.80. The minimum absolute atomic E-state index is 0.368. The van der Waals surface area contributed by atoms with Gasteiger partial charge in [-0.25, -0.2) is 0 Å². The van der Waals surface area contributed by atoms with Crippen LogP contribution in [0.1, 0.15) is 40.5 Å². The number of nitrogens with zero attached hydrogens (tertiary/aromatic N) is 1. The topological polar surface area (TPSA) is 98.4 Å². The number of hydrogen-bond donors (Lipinski definition) is 2. The minimum Gasteiger partial charge on any atom is -0.481 e. The Morgan fingerprint density at radius 2 is 1.72 bits per heavy atom. The molecular weight excluding hydrogens is 234 g/mol. The zero-order chi connectivity index (χ0) is 14.5. The number of hydrogen-bond acceptors (Lipinski definition) is 3. The highest BCUT2D eigenvalue weighted by atomic mass is 16.4. The van der Waals surface area contributed by atoms with E-state index in [1.165, 1.54) is 0 Å². The molecule has 0 fully saturated rings. The van der Waals surface area contributed by atoms with Crippen LogP contribution in [0.3, 0.4) is 0 Å². The molecule has 0 bridgehead atoms. The molecule has 0 aromatic heterocycles. The molecule has 2 N–H and O–H groups in total. The first-order valence-electron chi connectivity index (χ1n) is 6.16. The van der Waals surface area contributed by atoms with Gasteiger partial charge in [-0.1, -0.05) is 40.5 Å². The van der Waals surface area contributed by atoms with Crippen molar-refractivity contribution in [2.45, 2.75) is 40.5 Å². The Kier molecular flexibility index (Phi) is 5.83. The number of aliphatic carboxylic acids is 2. The van der Waals surface area contributed by atoms with Crippen LogP contribution in [0.15, 0.2) is 0 Å². The van der Waals surface area contributed by atoms with E-state index in [1.807, 2.05) is 0 Å². The minimum atomic E-state index is -1.87. The van der Waals surface area contributed by atoms with Crippen LogP contribution < -0.4 is 0 Å². The summed E-state index contributed by atoms with van der Waals surface area (Å²) < 4.78 is 0. The van der Waals surface area contributed by atoms with Crippen molar-refractivity contribution in [1.82, 2.24) is 0 Å². The molecule has 0 radical (unpaired) electrons. The van der Waals surface area contributed by atoms with E-state index >= 15 is 0 Å². The molecule has 0 aliphatic rings. The summed E-state index contributed by atoms with van der Waals surface area (Å²) >= 11 is 0. The third-order valence-electron chi connectivity index (χ3n) is 3.90. The van der Waals surface area contributed by atoms with E-state index in [0.717, 1.165) is 0 Å². The summed E-state index contributed by atoms with van der Waals surface area (Å²) in [6, 6.07) is 1.78. The normalized spacial score (nSPS) is 19.1. The summed E-state index contributed by atoms with van der Waals surface area (Å²) in [6.45, 7) is 6.85. The van der Waals surface area contributed by atoms with Gasteiger partial charge in [0.1, 0.15) is 0 Å². The Bertz CT molecular complexity index is 360. The van der Waals surface area contributed by atoms with E-state index < -0.39 is 29.2 Å². The first kappa shape index (κ1) is 16.4. The van der Waals surface area contributed by atoms with E-state index in [1.54, 1.807) is 33.8 Å². The highest BCUT2D eigenvalue weighted by Gasteiger charge is 2.55. The summed E-state index contributed by atoms with van der Waals surface area (Å²) in [7, 11) is 0. The molecule has 0 aromatic carbocycles. The Labute approximate surface area is 107 Å². The Hall–Kier alpha value is -1.57. The van der Waals surface area contributed by atoms with Crippen molar-refractivity contribution in [3.8, 4) is 6.07 Å². The molecule has 0 saturated carbocycles. The van der Waals surface area contributed by atoms with E-state index in [9.17, 15) is 25.1 Å². The van der Waals surface area contributed by atoms with Gasteiger partial charge in [-0.2, -0.15) is 5.26 Å². The summed E-state index contributed by atoms with van der Waals surface area (Å²) in [5, 5.41) is 28.0. The third-order valence-corrected chi connectivity index (χ3v) is 3.90. The quantitative estimate of drug-likeness (QED) is 0.727. The van der Waals surface area contributed by atoms with Gasteiger partial charge < -0.3 is 10.2 Å². The van der Waals surface area contributed by atoms with Gasteiger partial charge in [0.15, 0.2) is 5.41 Å². The lowest BCUT2D eigenvalue weighted by molar-refractivity contribution is -0.164. The van der Waals surface area contributed by atoms with Gasteiger partial charge in [0, 0.05) is 0 Å². The number of carboxylic acids is 2. The first-order valence-corrected chi connectivity index (χ1v) is 6.16. The molecule has 0 amide bonds. The van der Waals surface area contributed by atoms with Crippen LogP contribution in [0.2, 0.25) is 0 Å². The Morgan fingerprint density at radius 3 is 1.94 bits per heavy atom. The lowest BCUT2D eigenvalue weighted by Gasteiger charge is -2.36. The molecule has 5 heteroatoms. The van der Waals surface area contributed by atoms with Crippen LogP contribution in [-0.2, 0) is 9.59 Å². The lowest BCUT2D eigenvalue weighted by atomic mass is 9.62. The van der Waals surface area contributed by atoms with Crippen LogP contribution in [0.5, 0.6) is 0 Å². The molecule has 5 nitrogen and oxygen atoms in total. The molecule has 0 spiro atoms. The van der Waals surface area contributed by atoms with Crippen LogP contribution in [-0.4, -0.2) is 22.2 Å². The molecule has 0 aliphatic carbocycles. The highest BCUT2D eigenvalue weighted by molar-refractivity contribution is 5.86. The molecule has 0 saturated heterocycles. The number of carbonyl (C=O) groups is 2. The van der Waals surface area contributed by atoms with Crippen LogP contribution in [0, 0.1) is 34.5 Å². The second kappa shape index (κ2) is 6.39. The predicted octanol–water partition coefficient (Wildman–Crippen LogP) is 2.37. The smallest absolute Gasteiger partial charge is 0.325 e. The summed E-state index contributed by atoms with van der Waals surface area (Å²) in [5.74, 6) is -4.64. The molecule has 0 aromatic rings. The van der Waals surface area contributed by atoms with E-state index in [0.29, 0.717) is 12.8 Å². The monoisotopic (exact) mass is 255 g/mol. The number of nitriles is 1. The van der Waals surface area contributed by atoms with Gasteiger partial charge in [0.25, 0.3) is 0 Å². The van der Waals surface area contributed by atoms with Crippen LogP contribution in [0.25, 0.3) is 0 Å².